The smallest absolute Gasteiger partial charge is 0.231 e. The molecule has 3 rings (SSSR count). The Labute approximate surface area is 222 Å². The molecule has 0 bridgehead atoms. The normalized spacial score (nSPS) is 13.8. The molecule has 1 fully saturated rings. The monoisotopic (exact) mass is 524 g/mol. The summed E-state index contributed by atoms with van der Waals surface area (Å²) >= 11 is 6.26. The number of nitrogens with zero attached hydrogens (tertiary/aromatic N) is 3. The fourth-order valence-electron chi connectivity index (χ4n) is 3.78. The van der Waals surface area contributed by atoms with Crippen molar-refractivity contribution in [2.24, 2.45) is 0 Å². The highest BCUT2D eigenvalue weighted by Gasteiger charge is 2.14. The van der Waals surface area contributed by atoms with Crippen LogP contribution in [0.15, 0.2) is 42.5 Å². The molecule has 1 saturated carbocycles. The summed E-state index contributed by atoms with van der Waals surface area (Å²) in [6, 6.07) is 7.88. The molecule has 1 aromatic heterocycles. The van der Waals surface area contributed by atoms with E-state index < -0.39 is 0 Å². The predicted molar refractivity (Wildman–Crippen MR) is 145 cm³/mol. The Kier molecular flexibility index (Phi) is 11.5. The molecular weight excluding hydrogens is 492 g/mol. The molecule has 2 aromatic rings. The van der Waals surface area contributed by atoms with E-state index >= 15 is 0 Å². The third-order valence-corrected chi connectivity index (χ3v) is 6.07. The number of rotatable bonds is 14. The minimum atomic E-state index is -0.0362. The van der Waals surface area contributed by atoms with Crippen molar-refractivity contribution in [3.63, 3.8) is 0 Å². The lowest BCUT2D eigenvalue weighted by atomic mass is 9.96. The molecule has 0 radical (unpaired) electrons. The zero-order valence-electron chi connectivity index (χ0n) is 20.7. The maximum absolute atomic E-state index is 8.72. The summed E-state index contributed by atoms with van der Waals surface area (Å²) in [7, 11) is 0. The highest BCUT2D eigenvalue weighted by molar-refractivity contribution is 6.32. The van der Waals surface area contributed by atoms with Crippen LogP contribution in [-0.2, 0) is 4.74 Å². The first kappa shape index (κ1) is 27.7. The highest BCUT2D eigenvalue weighted by atomic mass is 35.5. The van der Waals surface area contributed by atoms with E-state index in [9.17, 15) is 0 Å². The molecule has 0 aliphatic heterocycles. The van der Waals surface area contributed by atoms with Crippen molar-refractivity contribution in [3.05, 3.63) is 47.5 Å². The summed E-state index contributed by atoms with van der Waals surface area (Å²) in [6.45, 7) is 1.15. The van der Waals surface area contributed by atoms with Crippen LogP contribution in [0.1, 0.15) is 44.9 Å². The number of ether oxygens (including phenoxy) is 2. The van der Waals surface area contributed by atoms with Crippen molar-refractivity contribution < 1.29 is 9.47 Å². The van der Waals surface area contributed by atoms with Gasteiger partial charge in [-0.05, 0) is 37.0 Å². The number of nitrogens with one attached hydrogen (secondary N) is 5. The quantitative estimate of drug-likeness (QED) is 0.134. The van der Waals surface area contributed by atoms with Gasteiger partial charge in [-0.3, -0.25) is 10.8 Å². The van der Waals surface area contributed by atoms with Crippen molar-refractivity contribution >= 4 is 29.8 Å². The van der Waals surface area contributed by atoms with Gasteiger partial charge in [0, 0.05) is 43.2 Å². The first-order valence-electron chi connectivity index (χ1n) is 12.4. The fraction of sp³-hybridized carbons (Fsp3) is 0.423. The predicted octanol–water partition coefficient (Wildman–Crippen LogP) is 4.85. The van der Waals surface area contributed by atoms with Crippen LogP contribution < -0.4 is 20.7 Å². The molecule has 1 aromatic carbocycles. The van der Waals surface area contributed by atoms with Gasteiger partial charge in [0.15, 0.2) is 0 Å². The summed E-state index contributed by atoms with van der Waals surface area (Å²) in [5, 5.41) is 33.8. The largest absolute Gasteiger partial charge is 0.490 e. The van der Waals surface area contributed by atoms with Gasteiger partial charge in [0.25, 0.3) is 0 Å². The van der Waals surface area contributed by atoms with Gasteiger partial charge in [-0.1, -0.05) is 36.9 Å². The third-order valence-electron chi connectivity index (χ3n) is 5.76. The standard InChI is InChI=1S/C26H33ClN8O2/c27-22-9-8-19(14-24(22)36-13-11-31-18-29)20-15-33-26(34-16-20)35-23(25(30)37-12-5-4-10-28)17-32-21-6-2-1-3-7-21/h8-9,14-18,21,30,32H,1-7,11-13H2,(H2,29,31)(H,33,34,35)/b23-17+,30-25?. The van der Waals surface area contributed by atoms with Crippen molar-refractivity contribution in [2.75, 3.05) is 25.1 Å². The van der Waals surface area contributed by atoms with Gasteiger partial charge >= 0.3 is 0 Å². The van der Waals surface area contributed by atoms with Crippen LogP contribution in [-0.4, -0.2) is 48.0 Å². The molecular formula is C26H33ClN8O2. The average molecular weight is 525 g/mol. The van der Waals surface area contributed by atoms with Crippen LogP contribution in [0, 0.1) is 22.1 Å². The Bertz CT molecular complexity index is 1090. The Morgan fingerprint density at radius 1 is 1.16 bits per heavy atom. The second-order valence-corrected chi connectivity index (χ2v) is 8.92. The van der Waals surface area contributed by atoms with Crippen LogP contribution >= 0.6 is 11.6 Å². The Balaban J connectivity index is 1.68. The minimum absolute atomic E-state index is 0.0362. The fourth-order valence-corrected chi connectivity index (χ4v) is 3.95. The van der Waals surface area contributed by atoms with Crippen LogP contribution in [0.5, 0.6) is 5.75 Å². The summed E-state index contributed by atoms with van der Waals surface area (Å²) in [4.78, 5) is 8.85. The van der Waals surface area contributed by atoms with Gasteiger partial charge in [0.05, 0.1) is 24.0 Å². The topological polar surface area (TPSA) is 152 Å². The minimum Gasteiger partial charge on any atom is -0.490 e. The van der Waals surface area contributed by atoms with Gasteiger partial charge in [-0.15, -0.1) is 0 Å². The molecule has 1 aliphatic rings. The number of hydrogen-bond acceptors (Lipinski definition) is 9. The molecule has 196 valence electrons. The van der Waals surface area contributed by atoms with E-state index in [0.29, 0.717) is 54.5 Å². The highest BCUT2D eigenvalue weighted by Crippen LogP contribution is 2.30. The Morgan fingerprint density at radius 3 is 2.68 bits per heavy atom. The summed E-state index contributed by atoms with van der Waals surface area (Å²) in [5.74, 6) is 0.828. The van der Waals surface area contributed by atoms with Crippen molar-refractivity contribution in [2.45, 2.75) is 51.0 Å². The van der Waals surface area contributed by atoms with Crippen LogP contribution in [0.25, 0.3) is 11.1 Å². The summed E-state index contributed by atoms with van der Waals surface area (Å²) < 4.78 is 11.3. The molecule has 0 amide bonds. The zero-order valence-corrected chi connectivity index (χ0v) is 21.5. The van der Waals surface area contributed by atoms with Crippen LogP contribution in [0.2, 0.25) is 5.02 Å². The molecule has 0 saturated heterocycles. The molecule has 1 aliphatic carbocycles. The van der Waals surface area contributed by atoms with Gasteiger partial charge in [0.2, 0.25) is 11.8 Å². The van der Waals surface area contributed by atoms with Crippen molar-refractivity contribution in [1.29, 1.82) is 16.1 Å². The molecule has 0 atom stereocenters. The van der Waals surface area contributed by atoms with E-state index in [1.807, 2.05) is 12.1 Å². The Morgan fingerprint density at radius 2 is 1.95 bits per heavy atom. The van der Waals surface area contributed by atoms with E-state index in [1.165, 1.54) is 19.3 Å². The third kappa shape index (κ3) is 9.28. The first-order chi connectivity index (χ1) is 18.1. The van der Waals surface area contributed by atoms with E-state index in [2.05, 4.69) is 32.0 Å². The molecule has 11 heteroatoms. The number of hydrogen-bond donors (Lipinski definition) is 5. The second kappa shape index (κ2) is 15.3. The lowest BCUT2D eigenvalue weighted by molar-refractivity contribution is 0.297. The van der Waals surface area contributed by atoms with Gasteiger partial charge < -0.3 is 25.4 Å². The average Bonchev–Trinajstić information content (AvgIpc) is 2.93. The van der Waals surface area contributed by atoms with Gasteiger partial charge in [-0.2, -0.15) is 5.26 Å². The number of halogens is 1. The van der Waals surface area contributed by atoms with Crippen molar-refractivity contribution in [1.82, 2.24) is 20.6 Å². The lowest BCUT2D eigenvalue weighted by Gasteiger charge is -2.22. The number of nitriles is 1. The SMILES string of the molecule is N#CCCCOC(=N)/C(=C\NC1CCCCC1)Nc1ncc(-c2ccc(Cl)c(OCCNC=N)c2)cn1. The number of unbranched alkanes of at least 4 members (excludes halogenated alkanes) is 1. The molecule has 5 N–H and O–H groups in total. The summed E-state index contributed by atoms with van der Waals surface area (Å²) in [6.07, 6.45) is 13.0. The van der Waals surface area contributed by atoms with E-state index in [1.54, 1.807) is 24.7 Å². The number of benzene rings is 1. The zero-order chi connectivity index (χ0) is 26.3. The van der Waals surface area contributed by atoms with E-state index in [-0.39, 0.29) is 12.5 Å². The molecule has 1 heterocycles. The lowest BCUT2D eigenvalue weighted by Crippen LogP contribution is -2.29. The molecule has 10 nitrogen and oxygen atoms in total. The number of aromatic nitrogens is 2. The molecule has 37 heavy (non-hydrogen) atoms. The first-order valence-corrected chi connectivity index (χ1v) is 12.8. The maximum atomic E-state index is 8.72. The van der Waals surface area contributed by atoms with E-state index in [0.717, 1.165) is 30.3 Å². The van der Waals surface area contributed by atoms with Gasteiger partial charge in [-0.25, -0.2) is 9.97 Å². The molecule has 0 spiro atoms. The van der Waals surface area contributed by atoms with E-state index in [4.69, 9.17) is 37.2 Å². The number of anilines is 1. The van der Waals surface area contributed by atoms with Crippen LogP contribution in [0.4, 0.5) is 5.95 Å². The van der Waals surface area contributed by atoms with Gasteiger partial charge in [0.1, 0.15) is 18.1 Å². The Hall–Kier alpha value is -3.84. The second-order valence-electron chi connectivity index (χ2n) is 8.51. The summed E-state index contributed by atoms with van der Waals surface area (Å²) in [5.41, 5.74) is 2.05. The molecule has 0 unspecified atom stereocenters. The van der Waals surface area contributed by atoms with Crippen LogP contribution in [0.3, 0.4) is 0 Å². The van der Waals surface area contributed by atoms with Crippen molar-refractivity contribution in [3.8, 4) is 22.9 Å². The maximum Gasteiger partial charge on any atom is 0.231 e.